The van der Waals surface area contributed by atoms with Gasteiger partial charge < -0.3 is 4.74 Å². The molecule has 0 atom stereocenters. The lowest BCUT2D eigenvalue weighted by Gasteiger charge is -2.11. The van der Waals surface area contributed by atoms with Crippen LogP contribution in [0.25, 0.3) is 6.08 Å². The molecule has 0 radical (unpaired) electrons. The zero-order valence-corrected chi connectivity index (χ0v) is 17.7. The number of nitrogens with zero attached hydrogens (tertiary/aromatic N) is 1. The number of rotatable bonds is 8. The Morgan fingerprint density at radius 1 is 0.900 bits per heavy atom. The SMILES string of the molecule is CN(C)S(=O)(=O)c1ccc(C(=O)/C=C/c2ccccc2OCc2ccccc2)cc1. The molecule has 0 fully saturated rings. The molecule has 3 aromatic rings. The van der Waals surface area contributed by atoms with Gasteiger partial charge >= 0.3 is 0 Å². The molecule has 0 saturated carbocycles. The summed E-state index contributed by atoms with van der Waals surface area (Å²) in [6.07, 6.45) is 3.16. The van der Waals surface area contributed by atoms with Gasteiger partial charge in [0.15, 0.2) is 5.78 Å². The zero-order valence-electron chi connectivity index (χ0n) is 16.9. The maximum absolute atomic E-state index is 12.5. The Morgan fingerprint density at radius 3 is 2.20 bits per heavy atom. The molecular formula is C24H23NO4S. The van der Waals surface area contributed by atoms with Crippen LogP contribution >= 0.6 is 0 Å². The second kappa shape index (κ2) is 9.52. The third kappa shape index (κ3) is 5.23. The van der Waals surface area contributed by atoms with Gasteiger partial charge in [-0.1, -0.05) is 48.5 Å². The van der Waals surface area contributed by atoms with Gasteiger partial charge in [-0.2, -0.15) is 0 Å². The second-order valence-corrected chi connectivity index (χ2v) is 8.97. The van der Waals surface area contributed by atoms with Gasteiger partial charge in [0.2, 0.25) is 10.0 Å². The van der Waals surface area contributed by atoms with Crippen molar-refractivity contribution in [2.45, 2.75) is 11.5 Å². The van der Waals surface area contributed by atoms with Crippen molar-refractivity contribution in [3.05, 3.63) is 102 Å². The van der Waals surface area contributed by atoms with Gasteiger partial charge in [0.25, 0.3) is 0 Å². The molecule has 0 aliphatic rings. The van der Waals surface area contributed by atoms with E-state index < -0.39 is 10.0 Å². The van der Waals surface area contributed by atoms with E-state index >= 15 is 0 Å². The number of hydrogen-bond acceptors (Lipinski definition) is 4. The van der Waals surface area contributed by atoms with Gasteiger partial charge in [-0.25, -0.2) is 12.7 Å². The summed E-state index contributed by atoms with van der Waals surface area (Å²) in [6, 6.07) is 23.2. The third-order valence-electron chi connectivity index (χ3n) is 4.49. The van der Waals surface area contributed by atoms with Crippen LogP contribution in [-0.2, 0) is 16.6 Å². The molecule has 5 nitrogen and oxygen atoms in total. The number of hydrogen-bond donors (Lipinski definition) is 0. The van der Waals surface area contributed by atoms with Crippen LogP contribution < -0.4 is 4.74 Å². The second-order valence-electron chi connectivity index (χ2n) is 6.82. The van der Waals surface area contributed by atoms with Crippen LogP contribution in [0.5, 0.6) is 5.75 Å². The summed E-state index contributed by atoms with van der Waals surface area (Å²) < 4.78 is 31.3. The first kappa shape index (κ1) is 21.5. The summed E-state index contributed by atoms with van der Waals surface area (Å²) in [5.74, 6) is 0.458. The number of sulfonamides is 1. The van der Waals surface area contributed by atoms with Crippen LogP contribution in [0, 0.1) is 0 Å². The number of allylic oxidation sites excluding steroid dienone is 1. The molecule has 0 aromatic heterocycles. The molecule has 3 aromatic carbocycles. The summed E-state index contributed by atoms with van der Waals surface area (Å²) in [4.78, 5) is 12.7. The Bertz CT molecular complexity index is 1140. The van der Waals surface area contributed by atoms with E-state index in [9.17, 15) is 13.2 Å². The van der Waals surface area contributed by atoms with Crippen molar-refractivity contribution in [2.24, 2.45) is 0 Å². The largest absolute Gasteiger partial charge is 0.488 e. The summed E-state index contributed by atoms with van der Waals surface area (Å²) in [5.41, 5.74) is 2.25. The van der Waals surface area contributed by atoms with Gasteiger partial charge in [-0.3, -0.25) is 4.79 Å². The van der Waals surface area contributed by atoms with E-state index in [2.05, 4.69) is 0 Å². The summed E-state index contributed by atoms with van der Waals surface area (Å²) in [6.45, 7) is 0.432. The molecule has 0 amide bonds. The van der Waals surface area contributed by atoms with Crippen molar-refractivity contribution in [1.82, 2.24) is 4.31 Å². The predicted molar refractivity (Wildman–Crippen MR) is 118 cm³/mol. The van der Waals surface area contributed by atoms with E-state index in [4.69, 9.17) is 4.74 Å². The number of para-hydroxylation sites is 1. The third-order valence-corrected chi connectivity index (χ3v) is 6.32. The van der Waals surface area contributed by atoms with Crippen LogP contribution in [0.4, 0.5) is 0 Å². The van der Waals surface area contributed by atoms with Gasteiger partial charge in [-0.05, 0) is 48.0 Å². The topological polar surface area (TPSA) is 63.7 Å². The Labute approximate surface area is 177 Å². The first-order chi connectivity index (χ1) is 14.4. The van der Waals surface area contributed by atoms with E-state index in [1.54, 1.807) is 6.08 Å². The van der Waals surface area contributed by atoms with Gasteiger partial charge in [0.05, 0.1) is 4.90 Å². The fourth-order valence-corrected chi connectivity index (χ4v) is 3.65. The van der Waals surface area contributed by atoms with Crippen molar-refractivity contribution in [3.8, 4) is 5.75 Å². The number of carbonyl (C=O) groups excluding carboxylic acids is 1. The molecule has 30 heavy (non-hydrogen) atoms. The Hall–Kier alpha value is -3.22. The first-order valence-electron chi connectivity index (χ1n) is 9.39. The lowest BCUT2D eigenvalue weighted by molar-refractivity contribution is 0.104. The van der Waals surface area contributed by atoms with E-state index in [0.717, 1.165) is 15.4 Å². The standard InChI is InChI=1S/C24H23NO4S/c1-25(2)30(27,28)22-15-12-20(13-16-22)23(26)17-14-21-10-6-7-11-24(21)29-18-19-8-4-3-5-9-19/h3-17H,18H2,1-2H3/b17-14+. The lowest BCUT2D eigenvalue weighted by Crippen LogP contribution is -2.22. The van der Waals surface area contributed by atoms with Crippen LogP contribution in [0.2, 0.25) is 0 Å². The average Bonchev–Trinajstić information content (AvgIpc) is 2.77. The number of benzene rings is 3. The molecule has 0 bridgehead atoms. The molecule has 3 rings (SSSR count). The Kier molecular flexibility index (Phi) is 6.82. The molecular weight excluding hydrogens is 398 g/mol. The van der Waals surface area contributed by atoms with E-state index in [0.29, 0.717) is 17.9 Å². The number of carbonyl (C=O) groups is 1. The van der Waals surface area contributed by atoms with Crippen LogP contribution in [-0.4, -0.2) is 32.6 Å². The van der Waals surface area contributed by atoms with E-state index in [1.807, 2.05) is 54.6 Å². The van der Waals surface area contributed by atoms with Crippen LogP contribution in [0.3, 0.4) is 0 Å². The normalized spacial score (nSPS) is 11.7. The maximum Gasteiger partial charge on any atom is 0.242 e. The van der Waals surface area contributed by atoms with Gasteiger partial charge in [0.1, 0.15) is 12.4 Å². The summed E-state index contributed by atoms with van der Waals surface area (Å²) in [7, 11) is -0.589. The fraction of sp³-hybridized carbons (Fsp3) is 0.125. The summed E-state index contributed by atoms with van der Waals surface area (Å²) >= 11 is 0. The molecule has 154 valence electrons. The average molecular weight is 422 g/mol. The van der Waals surface area contributed by atoms with Crippen molar-refractivity contribution in [1.29, 1.82) is 0 Å². The van der Waals surface area contributed by atoms with Crippen molar-refractivity contribution < 1.29 is 17.9 Å². The highest BCUT2D eigenvalue weighted by Gasteiger charge is 2.17. The highest BCUT2D eigenvalue weighted by Crippen LogP contribution is 2.21. The molecule has 0 spiro atoms. The predicted octanol–water partition coefficient (Wildman–Crippen LogP) is 4.41. The monoisotopic (exact) mass is 421 g/mol. The molecule has 0 saturated heterocycles. The van der Waals surface area contributed by atoms with Gasteiger partial charge in [0, 0.05) is 25.2 Å². The molecule has 0 unspecified atom stereocenters. The van der Waals surface area contributed by atoms with Gasteiger partial charge in [-0.15, -0.1) is 0 Å². The van der Waals surface area contributed by atoms with Crippen molar-refractivity contribution in [3.63, 3.8) is 0 Å². The Morgan fingerprint density at radius 2 is 1.53 bits per heavy atom. The quantitative estimate of drug-likeness (QED) is 0.399. The Balaban J connectivity index is 1.72. The highest BCUT2D eigenvalue weighted by atomic mass is 32.2. The first-order valence-corrected chi connectivity index (χ1v) is 10.8. The molecule has 0 heterocycles. The van der Waals surface area contributed by atoms with E-state index in [1.165, 1.54) is 44.4 Å². The lowest BCUT2D eigenvalue weighted by atomic mass is 10.1. The minimum atomic E-state index is -3.52. The van der Waals surface area contributed by atoms with Crippen molar-refractivity contribution >= 4 is 21.9 Å². The molecule has 0 N–H and O–H groups in total. The highest BCUT2D eigenvalue weighted by molar-refractivity contribution is 7.89. The minimum Gasteiger partial charge on any atom is -0.488 e. The van der Waals surface area contributed by atoms with Crippen LogP contribution in [0.15, 0.2) is 89.8 Å². The fourth-order valence-electron chi connectivity index (χ4n) is 2.75. The maximum atomic E-state index is 12.5. The molecule has 6 heteroatoms. The van der Waals surface area contributed by atoms with E-state index in [-0.39, 0.29) is 10.7 Å². The minimum absolute atomic E-state index is 0.146. The smallest absolute Gasteiger partial charge is 0.242 e. The van der Waals surface area contributed by atoms with Crippen molar-refractivity contribution in [2.75, 3.05) is 14.1 Å². The number of ether oxygens (including phenoxy) is 1. The summed E-state index contributed by atoms with van der Waals surface area (Å²) in [5, 5.41) is 0. The van der Waals surface area contributed by atoms with Crippen LogP contribution in [0.1, 0.15) is 21.5 Å². The molecule has 0 aliphatic heterocycles. The number of ketones is 1. The zero-order chi connectivity index (χ0) is 21.6. The molecule has 0 aliphatic carbocycles.